The molecule has 182 valence electrons. The van der Waals surface area contributed by atoms with Crippen LogP contribution in [0, 0.1) is 0 Å². The van der Waals surface area contributed by atoms with Crippen molar-refractivity contribution in [3.05, 3.63) is 101 Å². The van der Waals surface area contributed by atoms with Gasteiger partial charge in [-0.15, -0.1) is 11.3 Å². The van der Waals surface area contributed by atoms with Gasteiger partial charge in [0.15, 0.2) is 10.9 Å². The van der Waals surface area contributed by atoms with E-state index in [4.69, 9.17) is 4.98 Å². The zero-order valence-corrected chi connectivity index (χ0v) is 21.4. The van der Waals surface area contributed by atoms with Gasteiger partial charge in [0.2, 0.25) is 6.41 Å². The summed E-state index contributed by atoms with van der Waals surface area (Å²) < 4.78 is 1.59. The van der Waals surface area contributed by atoms with Crippen LogP contribution in [0.4, 0.5) is 0 Å². The number of ketones is 1. The zero-order valence-electron chi connectivity index (χ0n) is 19.8. The Kier molecular flexibility index (Phi) is 8.14. The van der Waals surface area contributed by atoms with Crippen molar-refractivity contribution in [2.75, 3.05) is 19.8 Å². The fourth-order valence-electron chi connectivity index (χ4n) is 3.32. The molecule has 3 aromatic heterocycles. The third kappa shape index (κ3) is 5.81. The van der Waals surface area contributed by atoms with Crippen molar-refractivity contribution in [3.8, 4) is 16.1 Å². The molecule has 0 atom stereocenters. The molecule has 0 radical (unpaired) electrons. The highest BCUT2D eigenvalue weighted by molar-refractivity contribution is 7.99. The molecule has 36 heavy (non-hydrogen) atoms. The molecular formula is C27H24N4O3S2. The molecule has 0 saturated carbocycles. The Morgan fingerprint density at radius 1 is 1.06 bits per heavy atom. The maximum absolute atomic E-state index is 13.5. The van der Waals surface area contributed by atoms with E-state index in [2.05, 4.69) is 4.98 Å². The van der Waals surface area contributed by atoms with Gasteiger partial charge in [-0.05, 0) is 35.9 Å². The van der Waals surface area contributed by atoms with Crippen LogP contribution in [0.1, 0.15) is 10.5 Å². The van der Waals surface area contributed by atoms with Crippen LogP contribution in [0.15, 0.2) is 95.0 Å². The normalized spacial score (nSPS) is 10.5. The van der Waals surface area contributed by atoms with E-state index in [9.17, 15) is 14.4 Å². The Bertz CT molecular complexity index is 1510. The number of carbonyl (C=O) groups is 2. The summed E-state index contributed by atoms with van der Waals surface area (Å²) in [6.07, 6.45) is 2.47. The number of thiophene rings is 1. The minimum atomic E-state index is -0.135. The van der Waals surface area contributed by atoms with Crippen molar-refractivity contribution in [1.82, 2.24) is 19.4 Å². The molecule has 5 rings (SSSR count). The second-order valence-corrected chi connectivity index (χ2v) is 9.90. The highest BCUT2D eigenvalue weighted by Crippen LogP contribution is 2.32. The van der Waals surface area contributed by atoms with Gasteiger partial charge < -0.3 is 9.88 Å². The van der Waals surface area contributed by atoms with E-state index in [0.717, 1.165) is 22.5 Å². The number of fused-ring (bicyclic) bond motifs is 1. The van der Waals surface area contributed by atoms with E-state index in [1.807, 2.05) is 66.7 Å². The van der Waals surface area contributed by atoms with Crippen molar-refractivity contribution in [3.63, 3.8) is 0 Å². The Morgan fingerprint density at radius 2 is 1.72 bits per heavy atom. The van der Waals surface area contributed by atoms with Crippen LogP contribution in [0.3, 0.4) is 0 Å². The van der Waals surface area contributed by atoms with Gasteiger partial charge in [0.25, 0.3) is 5.56 Å². The van der Waals surface area contributed by atoms with Crippen molar-refractivity contribution >= 4 is 45.5 Å². The molecule has 3 heterocycles. The second kappa shape index (κ2) is 11.7. The molecule has 1 amide bonds. The van der Waals surface area contributed by atoms with Gasteiger partial charge in [0.1, 0.15) is 4.83 Å². The average Bonchev–Trinajstić information content (AvgIpc) is 3.60. The van der Waals surface area contributed by atoms with Gasteiger partial charge in [-0.25, -0.2) is 4.98 Å². The van der Waals surface area contributed by atoms with Gasteiger partial charge in [-0.1, -0.05) is 60.3 Å². The molecule has 1 N–H and O–H groups in total. The van der Waals surface area contributed by atoms with Crippen LogP contribution in [-0.4, -0.2) is 51.5 Å². The molecule has 5 aromatic rings. The smallest absolute Gasteiger partial charge is 0.267 e. The van der Waals surface area contributed by atoms with E-state index >= 15 is 0 Å². The minimum Gasteiger partial charge on any atom is -0.359 e. The number of Topliss-reactive ketones (excluding diaryl/α,β-unsaturated/α-hetero) is 1. The first kappa shape index (κ1) is 25.2. The largest absolute Gasteiger partial charge is 0.359 e. The van der Waals surface area contributed by atoms with Gasteiger partial charge >= 0.3 is 0 Å². The molecule has 0 aliphatic heterocycles. The fourth-order valence-corrected chi connectivity index (χ4v) is 5.29. The summed E-state index contributed by atoms with van der Waals surface area (Å²) in [5.41, 5.74) is 2.19. The van der Waals surface area contributed by atoms with E-state index in [0.29, 0.717) is 21.1 Å². The number of hydrogen-bond acceptors (Lipinski definition) is 6. The Morgan fingerprint density at radius 3 is 2.33 bits per heavy atom. The maximum Gasteiger partial charge on any atom is 0.267 e. The predicted octanol–water partition coefficient (Wildman–Crippen LogP) is 5.12. The molecular weight excluding hydrogens is 492 g/mol. The summed E-state index contributed by atoms with van der Waals surface area (Å²) in [7, 11) is 3.38. The second-order valence-electron chi connectivity index (χ2n) is 7.93. The maximum atomic E-state index is 13.5. The molecule has 0 bridgehead atoms. The molecule has 9 heteroatoms. The van der Waals surface area contributed by atoms with Crippen LogP contribution >= 0.6 is 23.1 Å². The first-order valence-corrected chi connectivity index (χ1v) is 12.9. The number of nitrogens with one attached hydrogen (secondary N) is 1. The number of carbonyl (C=O) groups excluding carboxylic acids is 2. The number of aromatic nitrogens is 3. The Balaban J connectivity index is 0.000000556. The van der Waals surface area contributed by atoms with Crippen molar-refractivity contribution in [1.29, 1.82) is 0 Å². The monoisotopic (exact) mass is 516 g/mol. The molecule has 0 aliphatic rings. The molecule has 0 aliphatic carbocycles. The van der Waals surface area contributed by atoms with Crippen LogP contribution in [0.25, 0.3) is 26.3 Å². The topological polar surface area (TPSA) is 88.1 Å². The highest BCUT2D eigenvalue weighted by atomic mass is 32.2. The van der Waals surface area contributed by atoms with Crippen molar-refractivity contribution in [2.24, 2.45) is 0 Å². The summed E-state index contributed by atoms with van der Waals surface area (Å²) >= 11 is 2.76. The summed E-state index contributed by atoms with van der Waals surface area (Å²) in [6, 6.07) is 24.8. The first-order chi connectivity index (χ1) is 17.5. The van der Waals surface area contributed by atoms with Crippen LogP contribution in [-0.2, 0) is 4.79 Å². The number of H-pyrrole nitrogens is 1. The Hall–Kier alpha value is -3.95. The predicted molar refractivity (Wildman–Crippen MR) is 146 cm³/mol. The van der Waals surface area contributed by atoms with Crippen LogP contribution < -0.4 is 5.56 Å². The number of benzene rings is 2. The van der Waals surface area contributed by atoms with Gasteiger partial charge in [-0.3, -0.25) is 19.0 Å². The molecule has 0 fully saturated rings. The number of thioether (sulfide) groups is 1. The summed E-state index contributed by atoms with van der Waals surface area (Å²) in [5.74, 6) is 0.141. The molecule has 0 spiro atoms. The van der Waals surface area contributed by atoms with E-state index in [-0.39, 0.29) is 17.1 Å². The average molecular weight is 517 g/mol. The minimum absolute atomic E-state index is 0.0416. The lowest BCUT2D eigenvalue weighted by Crippen LogP contribution is -2.21. The van der Waals surface area contributed by atoms with Gasteiger partial charge in [0.05, 0.1) is 22.5 Å². The zero-order chi connectivity index (χ0) is 25.5. The third-order valence-electron chi connectivity index (χ3n) is 5.05. The third-order valence-corrected chi connectivity index (χ3v) is 7.07. The van der Waals surface area contributed by atoms with E-state index in [1.54, 1.807) is 37.0 Å². The number of rotatable bonds is 7. The van der Waals surface area contributed by atoms with Crippen LogP contribution in [0.5, 0.6) is 0 Å². The number of hydrogen-bond donors (Lipinski definition) is 1. The van der Waals surface area contributed by atoms with E-state index < -0.39 is 0 Å². The first-order valence-electron chi connectivity index (χ1n) is 11.1. The van der Waals surface area contributed by atoms with Crippen molar-refractivity contribution in [2.45, 2.75) is 5.16 Å². The summed E-state index contributed by atoms with van der Waals surface area (Å²) in [6.45, 7) is 0. The number of amides is 1. The lowest BCUT2D eigenvalue weighted by Gasteiger charge is -2.11. The Labute approximate surface area is 216 Å². The summed E-state index contributed by atoms with van der Waals surface area (Å²) in [4.78, 5) is 46.3. The van der Waals surface area contributed by atoms with Gasteiger partial charge in [0, 0.05) is 25.2 Å². The number of nitrogens with zero attached hydrogens (tertiary/aromatic N) is 3. The number of aromatic amines is 1. The molecule has 7 nitrogen and oxygen atoms in total. The van der Waals surface area contributed by atoms with Gasteiger partial charge in [-0.2, -0.15) is 0 Å². The lowest BCUT2D eigenvalue weighted by atomic mass is 10.2. The SMILES string of the molecule is CN(C)C=O.O=C(CSc1nc2sc(-c3ccccc3)cc2c(=O)n1-c1ccccc1)c1ccc[nH]1. The standard InChI is InChI=1S/C24H17N3O2S2.C3H7NO/c28-20(19-12-7-13-25-19)15-30-24-26-22-18(14-21(31-22)16-8-3-1-4-9-16)23(29)27(24)17-10-5-2-6-11-17;1-4(2)3-5/h1-14,25H,15H2;3H,1-2H3. The quantitative estimate of drug-likeness (QED) is 0.140. The molecule has 2 aromatic carbocycles. The fraction of sp³-hybridized carbons (Fsp3) is 0.111. The van der Waals surface area contributed by atoms with E-state index in [1.165, 1.54) is 28.0 Å². The molecule has 0 unspecified atom stereocenters. The highest BCUT2D eigenvalue weighted by Gasteiger charge is 2.18. The molecule has 0 saturated heterocycles. The lowest BCUT2D eigenvalue weighted by molar-refractivity contribution is -0.115. The number of para-hydroxylation sites is 1. The van der Waals surface area contributed by atoms with Crippen LogP contribution in [0.2, 0.25) is 0 Å². The summed E-state index contributed by atoms with van der Waals surface area (Å²) in [5, 5.41) is 1.08. The van der Waals surface area contributed by atoms with Crippen molar-refractivity contribution < 1.29 is 9.59 Å².